The average Bonchev–Trinajstić information content (AvgIpc) is 3.42. The third kappa shape index (κ3) is 5.83. The standard InChI is InChI=1S/C22H23ClF3N7O3/c1-2-3-9-31-19-15(13-17(23)27-19)20(34)32(21(31)35)10-6-11-33-29-18(28-30-33)12-14-7-4-5-8-16(14)36-22(24,25)26/h4-5,7-8H,2-3,6,9-13H2,1H3. The van der Waals surface area contributed by atoms with Crippen LogP contribution in [0.3, 0.4) is 0 Å². The first-order valence-electron chi connectivity index (χ1n) is 11.4. The van der Waals surface area contributed by atoms with Gasteiger partial charge in [-0.15, -0.1) is 23.4 Å². The molecule has 1 aliphatic rings. The third-order valence-corrected chi connectivity index (χ3v) is 5.77. The van der Waals surface area contributed by atoms with Crippen LogP contribution in [-0.2, 0) is 32.5 Å². The number of fused-ring (bicyclic) bond motifs is 1. The number of aliphatic imine (C=N–C) groups is 1. The molecule has 0 spiro atoms. The summed E-state index contributed by atoms with van der Waals surface area (Å²) >= 11 is 6.04. The van der Waals surface area contributed by atoms with Crippen LogP contribution in [0.4, 0.5) is 19.0 Å². The lowest BCUT2D eigenvalue weighted by atomic mass is 10.1. The fourth-order valence-electron chi connectivity index (χ4n) is 3.90. The maximum atomic E-state index is 13.0. The Kier molecular flexibility index (Phi) is 7.57. The number of aryl methyl sites for hydroxylation is 1. The molecular weight excluding hydrogens is 503 g/mol. The highest BCUT2D eigenvalue weighted by Crippen LogP contribution is 2.27. The zero-order chi connectivity index (χ0) is 25.9. The molecule has 0 saturated heterocycles. The van der Waals surface area contributed by atoms with Crippen LogP contribution in [0.15, 0.2) is 38.8 Å². The van der Waals surface area contributed by atoms with E-state index in [1.165, 1.54) is 32.1 Å². The fourth-order valence-corrected chi connectivity index (χ4v) is 4.11. The van der Waals surface area contributed by atoms with Gasteiger partial charge in [-0.05, 0) is 24.1 Å². The topological polar surface area (TPSA) is 109 Å². The van der Waals surface area contributed by atoms with Gasteiger partial charge < -0.3 is 4.74 Å². The van der Waals surface area contributed by atoms with Crippen molar-refractivity contribution in [3.05, 3.63) is 62.1 Å². The number of unbranched alkanes of at least 4 members (excludes halogenated alkanes) is 1. The van der Waals surface area contributed by atoms with Crippen LogP contribution in [0.2, 0.25) is 0 Å². The van der Waals surface area contributed by atoms with Crippen molar-refractivity contribution < 1.29 is 17.9 Å². The maximum Gasteiger partial charge on any atom is 0.573 e. The zero-order valence-corrected chi connectivity index (χ0v) is 20.1. The molecule has 0 saturated carbocycles. The average molecular weight is 526 g/mol. The molecule has 0 amide bonds. The molecule has 0 unspecified atom stereocenters. The van der Waals surface area contributed by atoms with E-state index in [0.717, 1.165) is 12.8 Å². The highest BCUT2D eigenvalue weighted by molar-refractivity contribution is 6.66. The number of tetrazole rings is 1. The fraction of sp³-hybridized carbons (Fsp3) is 0.455. The van der Waals surface area contributed by atoms with Gasteiger partial charge in [-0.1, -0.05) is 43.1 Å². The molecule has 14 heteroatoms. The molecule has 36 heavy (non-hydrogen) atoms. The molecule has 3 heterocycles. The number of halogens is 4. The van der Waals surface area contributed by atoms with Crippen molar-refractivity contribution in [3.63, 3.8) is 0 Å². The number of benzene rings is 1. The molecule has 0 fully saturated rings. The van der Waals surface area contributed by atoms with Gasteiger partial charge in [0, 0.05) is 31.5 Å². The molecule has 2 aromatic heterocycles. The van der Waals surface area contributed by atoms with Crippen molar-refractivity contribution in [1.82, 2.24) is 29.3 Å². The van der Waals surface area contributed by atoms with Gasteiger partial charge in [0.25, 0.3) is 5.56 Å². The van der Waals surface area contributed by atoms with Crippen molar-refractivity contribution in [2.24, 2.45) is 4.99 Å². The number of nitrogens with zero attached hydrogens (tertiary/aromatic N) is 7. The number of para-hydroxylation sites is 1. The molecule has 1 aromatic carbocycles. The molecule has 0 radical (unpaired) electrons. The van der Waals surface area contributed by atoms with Gasteiger partial charge in [-0.25, -0.2) is 9.79 Å². The van der Waals surface area contributed by atoms with E-state index in [1.54, 1.807) is 6.07 Å². The van der Waals surface area contributed by atoms with Crippen LogP contribution < -0.4 is 16.0 Å². The Morgan fingerprint density at radius 1 is 1.08 bits per heavy atom. The monoisotopic (exact) mass is 525 g/mol. The lowest BCUT2D eigenvalue weighted by Crippen LogP contribution is -2.41. The van der Waals surface area contributed by atoms with Crippen molar-refractivity contribution in [2.75, 3.05) is 0 Å². The van der Waals surface area contributed by atoms with Gasteiger partial charge >= 0.3 is 12.1 Å². The van der Waals surface area contributed by atoms with Gasteiger partial charge in [0.15, 0.2) is 5.82 Å². The summed E-state index contributed by atoms with van der Waals surface area (Å²) in [7, 11) is 0. The van der Waals surface area contributed by atoms with Gasteiger partial charge in [-0.2, -0.15) is 4.80 Å². The Morgan fingerprint density at radius 3 is 2.58 bits per heavy atom. The number of ether oxygens (including phenoxy) is 1. The van der Waals surface area contributed by atoms with E-state index in [-0.39, 0.29) is 48.2 Å². The van der Waals surface area contributed by atoms with E-state index in [4.69, 9.17) is 11.6 Å². The number of aromatic nitrogens is 6. The summed E-state index contributed by atoms with van der Waals surface area (Å²) in [5.74, 6) is 0.203. The first-order valence-corrected chi connectivity index (χ1v) is 11.7. The largest absolute Gasteiger partial charge is 0.573 e. The van der Waals surface area contributed by atoms with Crippen molar-refractivity contribution in [2.45, 2.75) is 65.0 Å². The summed E-state index contributed by atoms with van der Waals surface area (Å²) < 4.78 is 44.7. The molecule has 4 rings (SSSR count). The molecule has 1 aliphatic heterocycles. The van der Waals surface area contributed by atoms with E-state index >= 15 is 0 Å². The molecule has 3 aromatic rings. The second-order valence-corrected chi connectivity index (χ2v) is 8.64. The molecule has 192 valence electrons. The second-order valence-electron chi connectivity index (χ2n) is 8.20. The predicted octanol–water partition coefficient (Wildman–Crippen LogP) is 3.20. The van der Waals surface area contributed by atoms with Crippen LogP contribution >= 0.6 is 11.6 Å². The Balaban J connectivity index is 1.45. The zero-order valence-electron chi connectivity index (χ0n) is 19.3. The highest BCUT2D eigenvalue weighted by atomic mass is 35.5. The Labute approximate surface area is 208 Å². The minimum Gasteiger partial charge on any atom is -0.405 e. The smallest absolute Gasteiger partial charge is 0.405 e. The lowest BCUT2D eigenvalue weighted by molar-refractivity contribution is -0.274. The third-order valence-electron chi connectivity index (χ3n) is 5.56. The number of alkyl halides is 3. The molecule has 0 aliphatic carbocycles. The van der Waals surface area contributed by atoms with Crippen molar-refractivity contribution in [1.29, 1.82) is 0 Å². The Bertz CT molecular complexity index is 1390. The minimum atomic E-state index is -4.82. The van der Waals surface area contributed by atoms with Crippen LogP contribution in [-0.4, -0.2) is 40.9 Å². The minimum absolute atomic E-state index is 0.0145. The van der Waals surface area contributed by atoms with Gasteiger partial charge in [0.05, 0.1) is 12.1 Å². The van der Waals surface area contributed by atoms with Crippen molar-refractivity contribution in [3.8, 4) is 5.75 Å². The van der Waals surface area contributed by atoms with Crippen LogP contribution in [0.1, 0.15) is 43.1 Å². The number of hydrogen-bond acceptors (Lipinski definition) is 7. The highest BCUT2D eigenvalue weighted by Gasteiger charge is 2.32. The normalized spacial score (nSPS) is 13.1. The van der Waals surface area contributed by atoms with Gasteiger partial charge in [0.1, 0.15) is 16.7 Å². The van der Waals surface area contributed by atoms with E-state index in [1.807, 2.05) is 6.92 Å². The summed E-state index contributed by atoms with van der Waals surface area (Å²) in [5, 5.41) is 12.3. The maximum absolute atomic E-state index is 13.0. The number of hydrogen-bond donors (Lipinski definition) is 0. The summed E-state index contributed by atoms with van der Waals surface area (Å²) in [6, 6.07) is 5.73. The second kappa shape index (κ2) is 10.6. The summed E-state index contributed by atoms with van der Waals surface area (Å²) in [4.78, 5) is 31.4. The van der Waals surface area contributed by atoms with Crippen LogP contribution in [0, 0.1) is 0 Å². The molecule has 0 atom stereocenters. The van der Waals surface area contributed by atoms with Crippen LogP contribution in [0.5, 0.6) is 5.75 Å². The first-order chi connectivity index (χ1) is 17.2. The van der Waals surface area contributed by atoms with Crippen LogP contribution in [0.25, 0.3) is 0 Å². The SMILES string of the molecule is CCCCn1c2c(c(=O)n(CCCn3nnc(Cc4ccccc4OC(F)(F)F)n3)c1=O)CC(Cl)=N2. The summed E-state index contributed by atoms with van der Waals surface area (Å²) in [6.45, 7) is 2.79. The van der Waals surface area contributed by atoms with E-state index in [2.05, 4.69) is 25.1 Å². The van der Waals surface area contributed by atoms with Gasteiger partial charge in [0.2, 0.25) is 0 Å². The van der Waals surface area contributed by atoms with Crippen molar-refractivity contribution >= 4 is 22.6 Å². The molecule has 0 bridgehead atoms. The Hall–Kier alpha value is -3.48. The summed E-state index contributed by atoms with van der Waals surface area (Å²) in [5.41, 5.74) is -0.212. The molecule has 10 nitrogen and oxygen atoms in total. The first kappa shape index (κ1) is 25.6. The van der Waals surface area contributed by atoms with E-state index in [9.17, 15) is 22.8 Å². The Morgan fingerprint density at radius 2 is 1.83 bits per heavy atom. The molecule has 0 N–H and O–H groups in total. The predicted molar refractivity (Wildman–Crippen MR) is 125 cm³/mol. The molecular formula is C22H23ClF3N7O3. The lowest BCUT2D eigenvalue weighted by Gasteiger charge is -2.13. The van der Waals surface area contributed by atoms with E-state index < -0.39 is 17.6 Å². The quantitative estimate of drug-likeness (QED) is 0.402. The number of rotatable bonds is 10. The van der Waals surface area contributed by atoms with Gasteiger partial charge in [-0.3, -0.25) is 13.9 Å². The summed E-state index contributed by atoms with van der Waals surface area (Å²) in [6.07, 6.45) is -2.68. The van der Waals surface area contributed by atoms with E-state index in [0.29, 0.717) is 24.3 Å².